The highest BCUT2D eigenvalue weighted by atomic mass is 32.1. The van der Waals surface area contributed by atoms with Gasteiger partial charge >= 0.3 is 0 Å². The normalized spacial score (nSPS) is 12.7. The number of nitrogens with one attached hydrogen (secondary N) is 1. The van der Waals surface area contributed by atoms with E-state index in [1.807, 2.05) is 50.2 Å². The van der Waals surface area contributed by atoms with Gasteiger partial charge in [-0.3, -0.25) is 4.79 Å². The average Bonchev–Trinajstić information content (AvgIpc) is 2.97. The van der Waals surface area contributed by atoms with Crippen LogP contribution >= 0.6 is 11.3 Å². The summed E-state index contributed by atoms with van der Waals surface area (Å²) in [5, 5.41) is 3.08. The van der Waals surface area contributed by atoms with Crippen molar-refractivity contribution in [2.45, 2.75) is 40.7 Å². The molecule has 0 bridgehead atoms. The second-order valence-electron chi connectivity index (χ2n) is 6.68. The van der Waals surface area contributed by atoms with Crippen molar-refractivity contribution in [3.05, 3.63) is 41.3 Å². The Hall–Kier alpha value is -1.81. The molecule has 0 aliphatic carbocycles. The van der Waals surface area contributed by atoms with Crippen LogP contribution in [0.1, 0.15) is 44.3 Å². The Morgan fingerprint density at radius 1 is 1.17 bits per heavy atom. The zero-order valence-electron chi connectivity index (χ0n) is 14.5. The van der Waals surface area contributed by atoms with Gasteiger partial charge in [0, 0.05) is 10.9 Å². The van der Waals surface area contributed by atoms with Crippen LogP contribution in [0.4, 0.5) is 0 Å². The lowest BCUT2D eigenvalue weighted by molar-refractivity contribution is 0.0914. The van der Waals surface area contributed by atoms with Crippen LogP contribution in [0, 0.1) is 5.41 Å². The molecule has 0 unspecified atom stereocenters. The Kier molecular flexibility index (Phi) is 5.47. The molecule has 0 aliphatic rings. The van der Waals surface area contributed by atoms with E-state index in [9.17, 15) is 4.79 Å². The first-order valence-electron chi connectivity index (χ1n) is 7.95. The van der Waals surface area contributed by atoms with Gasteiger partial charge in [0.2, 0.25) is 0 Å². The van der Waals surface area contributed by atoms with E-state index in [1.54, 1.807) is 0 Å². The molecule has 3 nitrogen and oxygen atoms in total. The largest absolute Gasteiger partial charge is 0.494 e. The average molecular weight is 331 g/mol. The zero-order valence-corrected chi connectivity index (χ0v) is 15.3. The highest BCUT2D eigenvalue weighted by Crippen LogP contribution is 2.30. The van der Waals surface area contributed by atoms with Crippen LogP contribution in [-0.4, -0.2) is 18.6 Å². The van der Waals surface area contributed by atoms with E-state index in [1.165, 1.54) is 11.3 Å². The van der Waals surface area contributed by atoms with E-state index < -0.39 is 0 Å². The fraction of sp³-hybridized carbons (Fsp3) is 0.421. The maximum absolute atomic E-state index is 12.4. The van der Waals surface area contributed by atoms with Crippen molar-refractivity contribution in [2.24, 2.45) is 5.41 Å². The summed E-state index contributed by atoms with van der Waals surface area (Å²) in [6.45, 7) is 11.0. The molecule has 0 saturated heterocycles. The molecule has 0 fully saturated rings. The lowest BCUT2D eigenvalue weighted by Gasteiger charge is -2.27. The second kappa shape index (κ2) is 7.18. The number of carbonyl (C=O) groups excluding carboxylic acids is 1. The maximum atomic E-state index is 12.4. The standard InChI is InChI=1S/C19H25NO2S/c1-6-22-15-9-7-14(8-10-15)16-11-12-17(23-16)18(21)20-13(2)19(3,4)5/h7-13H,6H2,1-5H3,(H,20,21)/t13-/m0/s1. The van der Waals surface area contributed by atoms with Crippen LogP contribution in [-0.2, 0) is 0 Å². The van der Waals surface area contributed by atoms with Crippen LogP contribution in [0.3, 0.4) is 0 Å². The highest BCUT2D eigenvalue weighted by Gasteiger charge is 2.22. The summed E-state index contributed by atoms with van der Waals surface area (Å²) < 4.78 is 5.46. The van der Waals surface area contributed by atoms with Gasteiger partial charge in [-0.05, 0) is 61.2 Å². The lowest BCUT2D eigenvalue weighted by Crippen LogP contribution is -2.41. The predicted octanol–water partition coefficient (Wildman–Crippen LogP) is 4.98. The molecule has 124 valence electrons. The summed E-state index contributed by atoms with van der Waals surface area (Å²) in [5.41, 5.74) is 1.14. The molecular formula is C19H25NO2S. The number of benzene rings is 1. The third kappa shape index (κ3) is 4.58. The summed E-state index contributed by atoms with van der Waals surface area (Å²) in [7, 11) is 0. The van der Waals surface area contributed by atoms with Crippen molar-refractivity contribution in [3.8, 4) is 16.2 Å². The van der Waals surface area contributed by atoms with Gasteiger partial charge in [-0.2, -0.15) is 0 Å². The number of ether oxygens (including phenoxy) is 1. The molecule has 0 spiro atoms. The molecule has 2 rings (SSSR count). The topological polar surface area (TPSA) is 38.3 Å². The van der Waals surface area contributed by atoms with Gasteiger partial charge in [-0.1, -0.05) is 20.8 Å². The van der Waals surface area contributed by atoms with Crippen molar-refractivity contribution in [1.82, 2.24) is 5.32 Å². The van der Waals surface area contributed by atoms with Crippen molar-refractivity contribution in [1.29, 1.82) is 0 Å². The summed E-state index contributed by atoms with van der Waals surface area (Å²) in [5.74, 6) is 0.861. The number of carbonyl (C=O) groups is 1. The van der Waals surface area contributed by atoms with Crippen molar-refractivity contribution < 1.29 is 9.53 Å². The quantitative estimate of drug-likeness (QED) is 0.839. The Morgan fingerprint density at radius 3 is 2.39 bits per heavy atom. The van der Waals surface area contributed by atoms with E-state index in [0.717, 1.165) is 21.1 Å². The molecule has 0 saturated carbocycles. The summed E-state index contributed by atoms with van der Waals surface area (Å²) in [4.78, 5) is 14.2. The number of thiophene rings is 1. The summed E-state index contributed by atoms with van der Waals surface area (Å²) in [6.07, 6.45) is 0. The fourth-order valence-corrected chi connectivity index (χ4v) is 2.90. The molecule has 1 atom stereocenters. The third-order valence-electron chi connectivity index (χ3n) is 3.93. The molecule has 1 aromatic carbocycles. The van der Waals surface area contributed by atoms with Crippen LogP contribution in [0.25, 0.3) is 10.4 Å². The number of hydrogen-bond donors (Lipinski definition) is 1. The molecule has 2 aromatic rings. The van der Waals surface area contributed by atoms with Crippen molar-refractivity contribution in [2.75, 3.05) is 6.61 Å². The van der Waals surface area contributed by atoms with E-state index in [2.05, 4.69) is 26.1 Å². The van der Waals surface area contributed by atoms with E-state index in [4.69, 9.17) is 4.74 Å². The second-order valence-corrected chi connectivity index (χ2v) is 7.77. The molecular weight excluding hydrogens is 306 g/mol. The van der Waals surface area contributed by atoms with Crippen LogP contribution < -0.4 is 10.1 Å². The van der Waals surface area contributed by atoms with Gasteiger partial charge in [0.15, 0.2) is 0 Å². The van der Waals surface area contributed by atoms with E-state index in [0.29, 0.717) is 6.61 Å². The monoisotopic (exact) mass is 331 g/mol. The fourth-order valence-electron chi connectivity index (χ4n) is 1.98. The zero-order chi connectivity index (χ0) is 17.0. The first-order valence-corrected chi connectivity index (χ1v) is 8.77. The molecule has 0 aliphatic heterocycles. The molecule has 1 N–H and O–H groups in total. The van der Waals surface area contributed by atoms with Crippen LogP contribution in [0.2, 0.25) is 0 Å². The molecule has 1 aromatic heterocycles. The lowest BCUT2D eigenvalue weighted by atomic mass is 9.88. The van der Waals surface area contributed by atoms with E-state index >= 15 is 0 Å². The van der Waals surface area contributed by atoms with Crippen LogP contribution in [0.15, 0.2) is 36.4 Å². The number of amides is 1. The molecule has 1 amide bonds. The molecule has 23 heavy (non-hydrogen) atoms. The summed E-state index contributed by atoms with van der Waals surface area (Å²) >= 11 is 1.51. The Labute approximate surface area is 142 Å². The van der Waals surface area contributed by atoms with Gasteiger partial charge in [0.1, 0.15) is 5.75 Å². The molecule has 0 radical (unpaired) electrons. The smallest absolute Gasteiger partial charge is 0.261 e. The minimum atomic E-state index is -0.00499. The van der Waals surface area contributed by atoms with E-state index in [-0.39, 0.29) is 17.4 Å². The SMILES string of the molecule is CCOc1ccc(-c2ccc(C(=O)N[C@@H](C)C(C)(C)C)s2)cc1. The Bertz CT molecular complexity index is 653. The summed E-state index contributed by atoms with van der Waals surface area (Å²) in [6, 6.07) is 12.0. The minimum Gasteiger partial charge on any atom is -0.494 e. The molecule has 4 heteroatoms. The van der Waals surface area contributed by atoms with Gasteiger partial charge in [-0.25, -0.2) is 0 Å². The van der Waals surface area contributed by atoms with Gasteiger partial charge in [-0.15, -0.1) is 11.3 Å². The third-order valence-corrected chi connectivity index (χ3v) is 5.06. The van der Waals surface area contributed by atoms with Gasteiger partial charge < -0.3 is 10.1 Å². The Morgan fingerprint density at radius 2 is 1.83 bits per heavy atom. The first-order chi connectivity index (χ1) is 10.8. The maximum Gasteiger partial charge on any atom is 0.261 e. The molecule has 1 heterocycles. The van der Waals surface area contributed by atoms with Crippen LogP contribution in [0.5, 0.6) is 5.75 Å². The highest BCUT2D eigenvalue weighted by molar-refractivity contribution is 7.17. The number of hydrogen-bond acceptors (Lipinski definition) is 3. The van der Waals surface area contributed by atoms with Crippen molar-refractivity contribution in [3.63, 3.8) is 0 Å². The Balaban J connectivity index is 2.09. The van der Waals surface area contributed by atoms with Gasteiger partial charge in [0.25, 0.3) is 5.91 Å². The van der Waals surface area contributed by atoms with Crippen molar-refractivity contribution >= 4 is 17.2 Å². The van der Waals surface area contributed by atoms with Gasteiger partial charge in [0.05, 0.1) is 11.5 Å². The minimum absolute atomic E-state index is 0.00499. The predicted molar refractivity (Wildman–Crippen MR) is 97.3 cm³/mol. The number of rotatable bonds is 5. The first kappa shape index (κ1) is 17.5.